The van der Waals surface area contributed by atoms with Gasteiger partial charge < -0.3 is 10.6 Å². The Balaban J connectivity index is 2.11. The lowest BCUT2D eigenvalue weighted by Gasteiger charge is -2.40. The number of anilines is 2. The molecule has 3 nitrogen and oxygen atoms in total. The Morgan fingerprint density at radius 3 is 2.71 bits per heavy atom. The van der Waals surface area contributed by atoms with Crippen LogP contribution in [0.5, 0.6) is 0 Å². The van der Waals surface area contributed by atoms with Gasteiger partial charge in [0.05, 0.1) is 0 Å². The fraction of sp³-hybridized carbons (Fsp3) is 0.571. The molecule has 0 aliphatic carbocycles. The molecule has 1 heterocycles. The van der Waals surface area contributed by atoms with E-state index in [-0.39, 0.29) is 0 Å². The molecule has 1 saturated heterocycles. The van der Waals surface area contributed by atoms with Crippen molar-refractivity contribution in [3.8, 4) is 0 Å². The number of benzene rings is 1. The van der Waals surface area contributed by atoms with E-state index in [1.807, 2.05) is 6.07 Å². The van der Waals surface area contributed by atoms with Gasteiger partial charge in [0.1, 0.15) is 0 Å². The number of piperazine rings is 1. The number of likely N-dealkylation sites (N-methyl/N-ethyl adjacent to an activating group) is 1. The van der Waals surface area contributed by atoms with Crippen LogP contribution in [-0.2, 0) is 0 Å². The molecule has 2 N–H and O–H groups in total. The first kappa shape index (κ1) is 12.2. The predicted molar refractivity (Wildman–Crippen MR) is 74.5 cm³/mol. The number of hydrogen-bond acceptors (Lipinski definition) is 3. The topological polar surface area (TPSA) is 32.5 Å². The molecule has 0 aromatic heterocycles. The normalized spacial score (nSPS) is 21.8. The van der Waals surface area contributed by atoms with E-state index < -0.39 is 0 Å². The summed E-state index contributed by atoms with van der Waals surface area (Å²) in [4.78, 5) is 4.99. The van der Waals surface area contributed by atoms with Crippen LogP contribution in [0, 0.1) is 6.92 Å². The molecule has 94 valence electrons. The molecule has 0 bridgehead atoms. The van der Waals surface area contributed by atoms with E-state index in [1.54, 1.807) is 0 Å². The van der Waals surface area contributed by atoms with Crippen LogP contribution in [-0.4, -0.2) is 37.1 Å². The van der Waals surface area contributed by atoms with Crippen LogP contribution in [0.25, 0.3) is 0 Å². The van der Waals surface area contributed by atoms with Gasteiger partial charge in [-0.15, -0.1) is 0 Å². The summed E-state index contributed by atoms with van der Waals surface area (Å²) in [5.41, 5.74) is 9.22. The first-order valence-corrected chi connectivity index (χ1v) is 6.47. The highest BCUT2D eigenvalue weighted by Gasteiger charge is 2.22. The quantitative estimate of drug-likeness (QED) is 0.794. The second kappa shape index (κ2) is 4.96. The number of hydrogen-bond donors (Lipinski definition) is 1. The maximum atomic E-state index is 5.86. The zero-order valence-electron chi connectivity index (χ0n) is 11.1. The van der Waals surface area contributed by atoms with Gasteiger partial charge in [0, 0.05) is 37.1 Å². The van der Waals surface area contributed by atoms with E-state index in [1.165, 1.54) is 11.3 Å². The lowest BCUT2D eigenvalue weighted by molar-refractivity contribution is 0.199. The number of nitrogens with two attached hydrogens (primary N) is 1. The summed E-state index contributed by atoms with van der Waals surface area (Å²) in [7, 11) is 0. The van der Waals surface area contributed by atoms with E-state index in [2.05, 4.69) is 42.7 Å². The van der Waals surface area contributed by atoms with Gasteiger partial charge in [0.2, 0.25) is 0 Å². The summed E-state index contributed by atoms with van der Waals surface area (Å²) < 4.78 is 0. The molecule has 1 aromatic rings. The maximum absolute atomic E-state index is 5.86. The number of rotatable bonds is 2. The van der Waals surface area contributed by atoms with Gasteiger partial charge in [-0.3, -0.25) is 4.90 Å². The third-order valence-electron chi connectivity index (χ3n) is 3.79. The molecule has 1 fully saturated rings. The van der Waals surface area contributed by atoms with Gasteiger partial charge in [-0.05, 0) is 44.2 Å². The van der Waals surface area contributed by atoms with Gasteiger partial charge in [0.15, 0.2) is 0 Å². The molecule has 1 atom stereocenters. The van der Waals surface area contributed by atoms with Crippen molar-refractivity contribution in [3.05, 3.63) is 23.8 Å². The zero-order chi connectivity index (χ0) is 12.4. The standard InChI is InChI=1S/C14H23N3/c1-4-16-7-8-17(10-12(16)3)13-5-6-14(15)11(2)9-13/h5-6,9,12H,4,7-8,10,15H2,1-3H3. The Kier molecular flexibility index (Phi) is 3.57. The van der Waals surface area contributed by atoms with E-state index in [0.29, 0.717) is 6.04 Å². The van der Waals surface area contributed by atoms with Gasteiger partial charge in [-0.1, -0.05) is 6.92 Å². The van der Waals surface area contributed by atoms with Crippen LogP contribution in [0.15, 0.2) is 18.2 Å². The lowest BCUT2D eigenvalue weighted by atomic mass is 10.1. The molecule has 0 saturated carbocycles. The largest absolute Gasteiger partial charge is 0.399 e. The summed E-state index contributed by atoms with van der Waals surface area (Å²) in [6.07, 6.45) is 0. The summed E-state index contributed by atoms with van der Waals surface area (Å²) in [6, 6.07) is 6.98. The highest BCUT2D eigenvalue weighted by Crippen LogP contribution is 2.23. The molecule has 2 rings (SSSR count). The molecule has 3 heteroatoms. The van der Waals surface area contributed by atoms with Crippen molar-refractivity contribution in [1.29, 1.82) is 0 Å². The predicted octanol–water partition coefficient (Wildman–Crippen LogP) is 2.11. The molecule has 1 aromatic carbocycles. The van der Waals surface area contributed by atoms with Crippen molar-refractivity contribution >= 4 is 11.4 Å². The summed E-state index contributed by atoms with van der Waals surface area (Å²) >= 11 is 0. The Morgan fingerprint density at radius 2 is 2.12 bits per heavy atom. The lowest BCUT2D eigenvalue weighted by Crippen LogP contribution is -2.51. The molecule has 0 spiro atoms. The first-order valence-electron chi connectivity index (χ1n) is 6.47. The minimum absolute atomic E-state index is 0.631. The van der Waals surface area contributed by atoms with Crippen LogP contribution < -0.4 is 10.6 Å². The van der Waals surface area contributed by atoms with Gasteiger partial charge in [-0.25, -0.2) is 0 Å². The molecule has 1 unspecified atom stereocenters. The first-order chi connectivity index (χ1) is 8.11. The van der Waals surface area contributed by atoms with E-state index >= 15 is 0 Å². The second-order valence-electron chi connectivity index (χ2n) is 4.96. The number of aryl methyl sites for hydroxylation is 1. The van der Waals surface area contributed by atoms with Crippen molar-refractivity contribution in [2.24, 2.45) is 0 Å². The number of nitrogen functional groups attached to an aromatic ring is 1. The molecule has 0 amide bonds. The van der Waals surface area contributed by atoms with Crippen molar-refractivity contribution in [2.75, 3.05) is 36.8 Å². The average Bonchev–Trinajstić information content (AvgIpc) is 2.32. The highest BCUT2D eigenvalue weighted by atomic mass is 15.3. The monoisotopic (exact) mass is 233 g/mol. The van der Waals surface area contributed by atoms with Crippen LogP contribution in [0.1, 0.15) is 19.4 Å². The average molecular weight is 233 g/mol. The highest BCUT2D eigenvalue weighted by molar-refractivity contribution is 5.58. The Labute approximate surface area is 104 Å². The summed E-state index contributed by atoms with van der Waals surface area (Å²) in [5, 5.41) is 0. The fourth-order valence-corrected chi connectivity index (χ4v) is 2.56. The van der Waals surface area contributed by atoms with Crippen molar-refractivity contribution in [2.45, 2.75) is 26.8 Å². The Morgan fingerprint density at radius 1 is 1.35 bits per heavy atom. The molecule has 17 heavy (non-hydrogen) atoms. The minimum Gasteiger partial charge on any atom is -0.399 e. The van der Waals surface area contributed by atoms with E-state index in [0.717, 1.165) is 31.9 Å². The summed E-state index contributed by atoms with van der Waals surface area (Å²) in [6.45, 7) is 11.1. The van der Waals surface area contributed by atoms with Crippen LogP contribution >= 0.6 is 0 Å². The smallest absolute Gasteiger partial charge is 0.0371 e. The molecular weight excluding hydrogens is 210 g/mol. The van der Waals surface area contributed by atoms with Gasteiger partial charge >= 0.3 is 0 Å². The van der Waals surface area contributed by atoms with E-state index in [4.69, 9.17) is 5.73 Å². The van der Waals surface area contributed by atoms with Crippen molar-refractivity contribution in [3.63, 3.8) is 0 Å². The molecular formula is C14H23N3. The maximum Gasteiger partial charge on any atom is 0.0371 e. The van der Waals surface area contributed by atoms with Gasteiger partial charge in [0.25, 0.3) is 0 Å². The SMILES string of the molecule is CCN1CCN(c2ccc(N)c(C)c2)CC1C. The zero-order valence-corrected chi connectivity index (χ0v) is 11.1. The van der Waals surface area contributed by atoms with Crippen molar-refractivity contribution in [1.82, 2.24) is 4.90 Å². The number of nitrogens with zero attached hydrogens (tertiary/aromatic N) is 2. The second-order valence-corrected chi connectivity index (χ2v) is 4.96. The third kappa shape index (κ3) is 2.55. The fourth-order valence-electron chi connectivity index (χ4n) is 2.56. The van der Waals surface area contributed by atoms with Crippen LogP contribution in [0.4, 0.5) is 11.4 Å². The van der Waals surface area contributed by atoms with Crippen LogP contribution in [0.3, 0.4) is 0 Å². The van der Waals surface area contributed by atoms with E-state index in [9.17, 15) is 0 Å². The molecule has 1 aliphatic heterocycles. The van der Waals surface area contributed by atoms with Gasteiger partial charge in [-0.2, -0.15) is 0 Å². The summed E-state index contributed by atoms with van der Waals surface area (Å²) in [5.74, 6) is 0. The molecule has 1 aliphatic rings. The minimum atomic E-state index is 0.631. The third-order valence-corrected chi connectivity index (χ3v) is 3.79. The van der Waals surface area contributed by atoms with Crippen LogP contribution in [0.2, 0.25) is 0 Å². The van der Waals surface area contributed by atoms with Crippen molar-refractivity contribution < 1.29 is 0 Å². The Hall–Kier alpha value is -1.22. The Bertz CT molecular complexity index is 389. The molecule has 0 radical (unpaired) electrons.